The molecule has 1 fully saturated rings. The smallest absolute Gasteiger partial charge is 0.407 e. The zero-order valence-corrected chi connectivity index (χ0v) is 27.5. The Bertz CT molecular complexity index is 2230. The normalized spacial score (nSPS) is 17.7. The topological polar surface area (TPSA) is 121 Å². The SMILES string of the molecule is COc1cc(-c2nc3c(cc2F)c2c(c(=O)n3-c3c(C)ccnc3C(C)C)N(C)C(=O)[C@H]3CN(C(=O)O)[C@H](C)CN23)c2ccccc2c1. The van der Waals surface area contributed by atoms with Crippen LogP contribution in [0.4, 0.5) is 20.6 Å². The van der Waals surface area contributed by atoms with Gasteiger partial charge < -0.3 is 24.5 Å². The lowest BCUT2D eigenvalue weighted by molar-refractivity contribution is -0.120. The summed E-state index contributed by atoms with van der Waals surface area (Å²) in [6, 6.07) is 12.9. The van der Waals surface area contributed by atoms with Crippen LogP contribution < -0.4 is 20.1 Å². The maximum atomic E-state index is 16.7. The summed E-state index contributed by atoms with van der Waals surface area (Å²) in [5.74, 6) is -0.628. The predicted molar refractivity (Wildman–Crippen MR) is 182 cm³/mol. The third-order valence-electron chi connectivity index (χ3n) is 9.53. The van der Waals surface area contributed by atoms with Crippen molar-refractivity contribution in [3.05, 3.63) is 82.2 Å². The molecular formula is C36H35FN6O5. The van der Waals surface area contributed by atoms with Gasteiger partial charge in [0, 0.05) is 36.8 Å². The number of hydrogen-bond acceptors (Lipinski definition) is 7. The lowest BCUT2D eigenvalue weighted by Crippen LogP contribution is -2.66. The molecule has 0 unspecified atom stereocenters. The number of rotatable bonds is 4. The summed E-state index contributed by atoms with van der Waals surface area (Å²) < 4.78 is 23.7. The van der Waals surface area contributed by atoms with Crippen LogP contribution in [0, 0.1) is 12.7 Å². The molecule has 0 radical (unpaired) electrons. The molecule has 0 spiro atoms. The summed E-state index contributed by atoms with van der Waals surface area (Å²) in [7, 11) is 3.04. The molecule has 7 rings (SSSR count). The molecule has 11 nitrogen and oxygen atoms in total. The fourth-order valence-electron chi connectivity index (χ4n) is 7.16. The predicted octanol–water partition coefficient (Wildman–Crippen LogP) is 5.71. The molecule has 48 heavy (non-hydrogen) atoms. The van der Waals surface area contributed by atoms with Crippen molar-refractivity contribution in [1.82, 2.24) is 19.4 Å². The van der Waals surface area contributed by atoms with E-state index in [2.05, 4.69) is 4.98 Å². The van der Waals surface area contributed by atoms with Gasteiger partial charge in [0.15, 0.2) is 5.65 Å². The van der Waals surface area contributed by atoms with Crippen molar-refractivity contribution in [1.29, 1.82) is 0 Å². The highest BCUT2D eigenvalue weighted by Gasteiger charge is 2.46. The number of carbonyl (C=O) groups excluding carboxylic acids is 1. The average molecular weight is 651 g/mol. The van der Waals surface area contributed by atoms with Gasteiger partial charge in [-0.1, -0.05) is 38.1 Å². The Morgan fingerprint density at radius 2 is 1.79 bits per heavy atom. The lowest BCUT2D eigenvalue weighted by atomic mass is 9.97. The number of hydrogen-bond donors (Lipinski definition) is 1. The van der Waals surface area contributed by atoms with Crippen molar-refractivity contribution >= 4 is 45.2 Å². The lowest BCUT2D eigenvalue weighted by Gasteiger charge is -2.49. The van der Waals surface area contributed by atoms with Crippen molar-refractivity contribution in [2.24, 2.45) is 0 Å². The number of benzene rings is 2. The largest absolute Gasteiger partial charge is 0.497 e. The van der Waals surface area contributed by atoms with Gasteiger partial charge in [-0.05, 0) is 60.4 Å². The Kier molecular flexibility index (Phi) is 7.34. The first-order chi connectivity index (χ1) is 22.9. The van der Waals surface area contributed by atoms with E-state index in [1.54, 1.807) is 37.3 Å². The molecule has 2 amide bonds. The number of anilines is 2. The summed E-state index contributed by atoms with van der Waals surface area (Å²) in [4.78, 5) is 54.7. The zero-order chi connectivity index (χ0) is 34.2. The molecule has 2 atom stereocenters. The van der Waals surface area contributed by atoms with Gasteiger partial charge in [0.2, 0.25) is 0 Å². The van der Waals surface area contributed by atoms with Crippen LogP contribution in [0.5, 0.6) is 5.75 Å². The quantitative estimate of drug-likeness (QED) is 0.263. The highest BCUT2D eigenvalue weighted by molar-refractivity contribution is 6.12. The van der Waals surface area contributed by atoms with E-state index in [1.165, 1.54) is 27.5 Å². The van der Waals surface area contributed by atoms with Crippen LogP contribution >= 0.6 is 0 Å². The zero-order valence-electron chi connectivity index (χ0n) is 27.5. The molecule has 2 aliphatic rings. The van der Waals surface area contributed by atoms with E-state index >= 15 is 4.39 Å². The van der Waals surface area contributed by atoms with Gasteiger partial charge in [0.25, 0.3) is 11.5 Å². The van der Waals surface area contributed by atoms with E-state index in [0.29, 0.717) is 33.8 Å². The summed E-state index contributed by atoms with van der Waals surface area (Å²) >= 11 is 0. The monoisotopic (exact) mass is 650 g/mol. The third kappa shape index (κ3) is 4.57. The molecule has 1 saturated heterocycles. The molecule has 5 aromatic rings. The molecular weight excluding hydrogens is 615 g/mol. The number of amides is 2. The Labute approximate surface area is 275 Å². The first-order valence-electron chi connectivity index (χ1n) is 15.8. The number of aryl methyl sites for hydroxylation is 1. The van der Waals surface area contributed by atoms with Gasteiger partial charge in [-0.15, -0.1) is 0 Å². The van der Waals surface area contributed by atoms with Gasteiger partial charge in [-0.2, -0.15) is 0 Å². The molecule has 246 valence electrons. The molecule has 2 aliphatic heterocycles. The summed E-state index contributed by atoms with van der Waals surface area (Å²) in [5, 5.41) is 11.8. The number of fused-ring (bicyclic) bond motifs is 6. The Morgan fingerprint density at radius 3 is 2.50 bits per heavy atom. The number of carbonyl (C=O) groups is 2. The van der Waals surface area contributed by atoms with Gasteiger partial charge in [-0.25, -0.2) is 14.2 Å². The number of pyridine rings is 3. The van der Waals surface area contributed by atoms with Crippen LogP contribution in [0.2, 0.25) is 0 Å². The van der Waals surface area contributed by atoms with Gasteiger partial charge in [0.05, 0.1) is 30.7 Å². The van der Waals surface area contributed by atoms with Crippen LogP contribution in [-0.4, -0.2) is 75.9 Å². The van der Waals surface area contributed by atoms with E-state index in [4.69, 9.17) is 9.72 Å². The van der Waals surface area contributed by atoms with Crippen molar-refractivity contribution in [3.63, 3.8) is 0 Å². The fourth-order valence-corrected chi connectivity index (χ4v) is 7.16. The minimum absolute atomic E-state index is 0.0270. The number of aromatic nitrogens is 3. The summed E-state index contributed by atoms with van der Waals surface area (Å²) in [6.07, 6.45) is 0.546. The molecule has 5 heterocycles. The number of piperazine rings is 1. The standard InChI is InChI=1S/C36H35FN6O5/c1-18(2)28-30(19(3)11-12-38-28)43-33-25(15-26(37)29(39-33)24-14-22(48-6)13-21-9-7-8-10-23(21)24)31-32(35(43)45)40(5)34(44)27-17-41(36(46)47)20(4)16-42(27)31/h7-15,18,20,27H,16-17H2,1-6H3,(H,46,47)/t20-,27-/m1/s1. The molecule has 0 bridgehead atoms. The highest BCUT2D eigenvalue weighted by atomic mass is 19.1. The molecule has 3 aromatic heterocycles. The van der Waals surface area contributed by atoms with Gasteiger partial charge >= 0.3 is 6.09 Å². The van der Waals surface area contributed by atoms with Crippen LogP contribution in [0.15, 0.2) is 59.5 Å². The molecule has 12 heteroatoms. The first kappa shape index (κ1) is 31.1. The van der Waals surface area contributed by atoms with Crippen molar-refractivity contribution in [3.8, 4) is 22.7 Å². The van der Waals surface area contributed by atoms with E-state index in [9.17, 15) is 19.5 Å². The maximum Gasteiger partial charge on any atom is 0.407 e. The summed E-state index contributed by atoms with van der Waals surface area (Å²) in [6.45, 7) is 7.58. The second kappa shape index (κ2) is 11.3. The minimum Gasteiger partial charge on any atom is -0.497 e. The third-order valence-corrected chi connectivity index (χ3v) is 9.53. The van der Waals surface area contributed by atoms with Crippen LogP contribution in [0.1, 0.15) is 37.9 Å². The maximum absolute atomic E-state index is 16.7. The minimum atomic E-state index is -1.14. The van der Waals surface area contributed by atoms with Crippen LogP contribution in [0.3, 0.4) is 0 Å². The molecule has 2 aromatic carbocycles. The highest BCUT2D eigenvalue weighted by Crippen LogP contribution is 2.43. The van der Waals surface area contributed by atoms with Crippen molar-refractivity contribution in [2.75, 3.05) is 37.0 Å². The fraction of sp³-hybridized carbons (Fsp3) is 0.306. The van der Waals surface area contributed by atoms with Crippen LogP contribution in [0.25, 0.3) is 38.8 Å². The van der Waals surface area contributed by atoms with E-state index in [-0.39, 0.29) is 36.0 Å². The molecule has 0 saturated carbocycles. The average Bonchev–Trinajstić information content (AvgIpc) is 3.06. The number of carboxylic acid groups (broad SMARTS) is 1. The molecule has 0 aliphatic carbocycles. The van der Waals surface area contributed by atoms with Crippen molar-refractivity contribution < 1.29 is 23.8 Å². The second-order valence-electron chi connectivity index (χ2n) is 12.8. The number of ether oxygens (including phenoxy) is 1. The Morgan fingerprint density at radius 1 is 1.04 bits per heavy atom. The van der Waals surface area contributed by atoms with Gasteiger partial charge in [0.1, 0.15) is 29.0 Å². The number of methoxy groups -OCH3 is 1. The van der Waals surface area contributed by atoms with Crippen molar-refractivity contribution in [2.45, 2.75) is 45.7 Å². The van der Waals surface area contributed by atoms with Gasteiger partial charge in [-0.3, -0.25) is 19.1 Å². The van der Waals surface area contributed by atoms with Crippen LogP contribution in [-0.2, 0) is 4.79 Å². The number of nitrogens with zero attached hydrogens (tertiary/aromatic N) is 6. The first-order valence-corrected chi connectivity index (χ1v) is 15.8. The molecule has 1 N–H and O–H groups in total. The number of halogens is 1. The summed E-state index contributed by atoms with van der Waals surface area (Å²) in [5.41, 5.74) is 2.51. The Hall–Kier alpha value is -5.52. The van der Waals surface area contributed by atoms with E-state index in [0.717, 1.165) is 16.3 Å². The Balaban J connectivity index is 1.63. The van der Waals surface area contributed by atoms with E-state index in [1.807, 2.05) is 51.1 Å². The second-order valence-corrected chi connectivity index (χ2v) is 12.8. The van der Waals surface area contributed by atoms with E-state index < -0.39 is 35.5 Å². The number of likely N-dealkylation sites (N-methyl/N-ethyl adjacent to an activating group) is 1.